The molecule has 4 aromatic rings. The number of carbonyl (C=O) groups is 1. The summed E-state index contributed by atoms with van der Waals surface area (Å²) in [5.74, 6) is -3.33. The van der Waals surface area contributed by atoms with Crippen LogP contribution in [0.4, 0.5) is 13.2 Å². The van der Waals surface area contributed by atoms with Crippen LogP contribution < -0.4 is 5.56 Å². The molecule has 0 atom stereocenters. The number of hydrogen-bond acceptors (Lipinski definition) is 3. The van der Waals surface area contributed by atoms with Crippen molar-refractivity contribution in [2.45, 2.75) is 25.4 Å². The van der Waals surface area contributed by atoms with Gasteiger partial charge < -0.3 is 20.6 Å². The summed E-state index contributed by atoms with van der Waals surface area (Å²) in [5.41, 5.74) is 3.56. The van der Waals surface area contributed by atoms with Crippen molar-refractivity contribution < 1.29 is 83.4 Å². The van der Waals surface area contributed by atoms with Gasteiger partial charge in [-0.25, -0.2) is 0 Å². The van der Waals surface area contributed by atoms with E-state index in [0.717, 1.165) is 26.8 Å². The number of carbonyl (C=O) groups excluding carboxylic acids is 1. The quantitative estimate of drug-likeness (QED) is 0.325. The summed E-state index contributed by atoms with van der Waals surface area (Å²) in [6.07, 6.45) is -5.28. The number of benzene rings is 3. The summed E-state index contributed by atoms with van der Waals surface area (Å²) in [6, 6.07) is 19.0. The van der Waals surface area contributed by atoms with E-state index in [9.17, 15) is 27.9 Å². The molecule has 3 aromatic carbocycles. The van der Waals surface area contributed by atoms with Crippen LogP contribution in [-0.4, -0.2) is 32.6 Å². The maximum absolute atomic E-state index is 13.1. The molecule has 0 bridgehead atoms. The molecule has 0 unspecified atom stereocenters. The molecular formula is C27H24EuF3NO5. The summed E-state index contributed by atoms with van der Waals surface area (Å²) in [6.45, 7) is 4.27. The predicted molar refractivity (Wildman–Crippen MR) is 131 cm³/mol. The molecule has 0 spiro atoms. The minimum absolute atomic E-state index is 0. The van der Waals surface area contributed by atoms with E-state index in [1.165, 1.54) is 18.7 Å². The maximum atomic E-state index is 13.1. The Morgan fingerprint density at radius 2 is 1.46 bits per heavy atom. The summed E-state index contributed by atoms with van der Waals surface area (Å²) in [7, 11) is 1.27. The van der Waals surface area contributed by atoms with E-state index in [-0.39, 0.29) is 76.6 Å². The fraction of sp³-hybridized carbons (Fsp3) is 0.185. The second-order valence-corrected chi connectivity index (χ2v) is 9.08. The second kappa shape index (κ2) is 10.4. The Bertz CT molecular complexity index is 1590. The molecule has 0 saturated heterocycles. The summed E-state index contributed by atoms with van der Waals surface area (Å²) < 4.78 is 40.2. The molecule has 1 heterocycles. The van der Waals surface area contributed by atoms with Crippen LogP contribution in [0.3, 0.4) is 0 Å². The van der Waals surface area contributed by atoms with Crippen LogP contribution in [0.5, 0.6) is 5.75 Å². The number of aromatic nitrogens is 1. The van der Waals surface area contributed by atoms with Crippen molar-refractivity contribution in [3.05, 3.63) is 87.7 Å². The molecule has 195 valence electrons. The molecule has 1 aliphatic rings. The van der Waals surface area contributed by atoms with Gasteiger partial charge >= 0.3 is 6.18 Å². The first-order valence-electron chi connectivity index (χ1n) is 10.6. The van der Waals surface area contributed by atoms with Gasteiger partial charge in [0.05, 0.1) is 5.52 Å². The molecule has 37 heavy (non-hydrogen) atoms. The second-order valence-electron chi connectivity index (χ2n) is 9.08. The molecule has 5 N–H and O–H groups in total. The summed E-state index contributed by atoms with van der Waals surface area (Å²) in [4.78, 5) is 24.3. The third-order valence-electron chi connectivity index (χ3n) is 6.77. The number of Topliss-reactive ketones (excluding diaryl/α,β-unsaturated/α-hetero) is 1. The number of rotatable bonds is 2. The van der Waals surface area contributed by atoms with E-state index >= 15 is 0 Å². The zero-order valence-corrected chi connectivity index (χ0v) is 22.4. The first-order valence-corrected chi connectivity index (χ1v) is 10.6. The zero-order chi connectivity index (χ0) is 24.6. The number of halogens is 3. The van der Waals surface area contributed by atoms with Crippen LogP contribution in [0.2, 0.25) is 0 Å². The van der Waals surface area contributed by atoms with Crippen molar-refractivity contribution in [2.24, 2.45) is 7.05 Å². The first kappa shape index (κ1) is 30.9. The van der Waals surface area contributed by atoms with Crippen molar-refractivity contribution in [3.63, 3.8) is 0 Å². The zero-order valence-electron chi connectivity index (χ0n) is 20.0. The number of nitrogens with zero attached hydrogens (tertiary/aromatic N) is 1. The van der Waals surface area contributed by atoms with Gasteiger partial charge in [-0.1, -0.05) is 56.3 Å². The van der Waals surface area contributed by atoms with Gasteiger partial charge in [-0.2, -0.15) is 13.2 Å². The van der Waals surface area contributed by atoms with Gasteiger partial charge in [0.15, 0.2) is 0 Å². The van der Waals surface area contributed by atoms with E-state index in [2.05, 4.69) is 26.0 Å². The molecule has 1 aliphatic carbocycles. The van der Waals surface area contributed by atoms with E-state index in [0.29, 0.717) is 5.56 Å². The number of ketones is 1. The number of hydrogen-bond donors (Lipinski definition) is 1. The number of fused-ring (bicyclic) bond motifs is 4. The van der Waals surface area contributed by atoms with Crippen molar-refractivity contribution in [2.75, 3.05) is 0 Å². The molecule has 5 rings (SSSR count). The smallest absolute Gasteiger partial charge is 0.455 e. The van der Waals surface area contributed by atoms with E-state index in [1.54, 1.807) is 12.1 Å². The average Bonchev–Trinajstić information content (AvgIpc) is 3.03. The van der Waals surface area contributed by atoms with Crippen LogP contribution >= 0.6 is 0 Å². The fourth-order valence-electron chi connectivity index (χ4n) is 4.94. The van der Waals surface area contributed by atoms with Crippen LogP contribution in [0.25, 0.3) is 33.2 Å². The monoisotopic (exact) mass is 652 g/mol. The van der Waals surface area contributed by atoms with Gasteiger partial charge in [0.1, 0.15) is 11.3 Å². The van der Waals surface area contributed by atoms with Crippen LogP contribution in [-0.2, 0) is 12.5 Å². The number of pyridine rings is 1. The Hall–Kier alpha value is -2.37. The standard InChI is InChI=1S/C27H20F3NO3.Eu.2H2O/c1-26(2)19-7-5-4-6-16(19)17-10-8-15(13-20(17)26)14-9-11-21-18(12-14)23(32)22(25(34)31(21)3)24(33)27(28,29)30;;;/h4-13,32H,1-3H3;;2*1H2. The molecule has 0 saturated carbocycles. The largest absolute Gasteiger partial charge is 0.506 e. The van der Waals surface area contributed by atoms with Crippen molar-refractivity contribution in [3.8, 4) is 28.0 Å². The van der Waals surface area contributed by atoms with Gasteiger partial charge in [0.2, 0.25) is 0 Å². The third kappa shape index (κ3) is 4.70. The molecule has 0 amide bonds. The van der Waals surface area contributed by atoms with Crippen molar-refractivity contribution in [1.82, 2.24) is 4.57 Å². The Morgan fingerprint density at radius 1 is 0.892 bits per heavy atom. The van der Waals surface area contributed by atoms with Crippen LogP contribution in [0.1, 0.15) is 35.3 Å². The number of aryl methyl sites for hydroxylation is 1. The van der Waals surface area contributed by atoms with Gasteiger partial charge in [0.25, 0.3) is 11.3 Å². The Morgan fingerprint density at radius 3 is 2.11 bits per heavy atom. The van der Waals surface area contributed by atoms with E-state index < -0.39 is 28.8 Å². The van der Waals surface area contributed by atoms with E-state index in [4.69, 9.17) is 0 Å². The van der Waals surface area contributed by atoms with Crippen molar-refractivity contribution in [1.29, 1.82) is 0 Å². The van der Waals surface area contributed by atoms with Crippen molar-refractivity contribution >= 4 is 16.7 Å². The van der Waals surface area contributed by atoms with Gasteiger partial charge in [-0.05, 0) is 51.6 Å². The fourth-order valence-corrected chi connectivity index (χ4v) is 4.94. The average molecular weight is 651 g/mol. The van der Waals surface area contributed by atoms with E-state index in [1.807, 2.05) is 30.3 Å². The Labute approximate surface area is 250 Å². The molecule has 0 aliphatic heterocycles. The number of aromatic hydroxyl groups is 1. The summed E-state index contributed by atoms with van der Waals surface area (Å²) in [5, 5.41) is 10.6. The Kier molecular flexibility index (Phi) is 8.69. The van der Waals surface area contributed by atoms with Gasteiger partial charge in [-0.15, -0.1) is 0 Å². The number of alkyl halides is 3. The molecule has 1 aromatic heterocycles. The third-order valence-corrected chi connectivity index (χ3v) is 6.77. The molecule has 1 radical (unpaired) electrons. The first-order chi connectivity index (χ1) is 15.9. The van der Waals surface area contributed by atoms with Gasteiger partial charge in [0, 0.05) is 67.2 Å². The molecular weight excluding hydrogens is 627 g/mol. The minimum atomic E-state index is -5.28. The van der Waals surface area contributed by atoms with Crippen LogP contribution in [0.15, 0.2) is 65.5 Å². The Balaban J connectivity index is 0.00000160. The SMILES string of the molecule is Cn1c(=O)c(C(=O)C(F)(F)F)c(O)c2cc(-c3ccc4c(c3)C(C)(C)c3ccccc3-4)ccc21.O.O.[Eu]. The summed E-state index contributed by atoms with van der Waals surface area (Å²) >= 11 is 0. The van der Waals surface area contributed by atoms with Gasteiger partial charge in [-0.3, -0.25) is 9.59 Å². The molecule has 10 heteroatoms. The molecule has 6 nitrogen and oxygen atoms in total. The molecule has 0 fully saturated rings. The normalized spacial score (nSPS) is 13.0. The minimum Gasteiger partial charge on any atom is -0.506 e. The topological polar surface area (TPSA) is 122 Å². The maximum Gasteiger partial charge on any atom is 0.455 e. The van der Waals surface area contributed by atoms with Crippen LogP contribution in [0, 0.1) is 49.4 Å². The predicted octanol–water partition coefficient (Wildman–Crippen LogP) is 4.31.